The minimum absolute atomic E-state index is 0.152. The van der Waals surface area contributed by atoms with E-state index < -0.39 is 29.6 Å². The van der Waals surface area contributed by atoms with Gasteiger partial charge in [-0.15, -0.1) is 0 Å². The molecule has 0 aliphatic heterocycles. The van der Waals surface area contributed by atoms with E-state index in [1.807, 2.05) is 6.92 Å². The van der Waals surface area contributed by atoms with Gasteiger partial charge in [0.2, 0.25) is 5.91 Å². The summed E-state index contributed by atoms with van der Waals surface area (Å²) in [5, 5.41) is 7.43. The second kappa shape index (κ2) is 9.61. The van der Waals surface area contributed by atoms with Crippen molar-refractivity contribution < 1.29 is 22.8 Å². The lowest BCUT2D eigenvalue weighted by Crippen LogP contribution is -2.47. The fourth-order valence-electron chi connectivity index (χ4n) is 2.36. The maximum Gasteiger partial charge on any atom is 0.315 e. The van der Waals surface area contributed by atoms with Crippen LogP contribution in [0.4, 0.5) is 23.7 Å². The lowest BCUT2D eigenvalue weighted by atomic mass is 10.1. The third kappa shape index (κ3) is 6.32. The predicted octanol–water partition coefficient (Wildman–Crippen LogP) is 3.71. The molecule has 5 nitrogen and oxygen atoms in total. The molecule has 0 radical (unpaired) electrons. The Balaban J connectivity index is 1.93. The molecule has 1 unspecified atom stereocenters. The number of carbonyl (C=O) groups is 2. The van der Waals surface area contributed by atoms with E-state index in [1.54, 1.807) is 0 Å². The first-order valence-corrected chi connectivity index (χ1v) is 8.43. The van der Waals surface area contributed by atoms with Crippen LogP contribution in [0.15, 0.2) is 42.5 Å². The van der Waals surface area contributed by atoms with Crippen LogP contribution in [-0.2, 0) is 11.3 Å². The average molecular weight is 379 g/mol. The van der Waals surface area contributed by atoms with E-state index in [9.17, 15) is 22.8 Å². The van der Waals surface area contributed by atoms with Crippen LogP contribution in [0.3, 0.4) is 0 Å². The summed E-state index contributed by atoms with van der Waals surface area (Å²) in [7, 11) is 0. The van der Waals surface area contributed by atoms with E-state index in [2.05, 4.69) is 16.0 Å². The third-order valence-corrected chi connectivity index (χ3v) is 3.75. The molecule has 1 atom stereocenters. The summed E-state index contributed by atoms with van der Waals surface area (Å²) >= 11 is 0. The van der Waals surface area contributed by atoms with Crippen LogP contribution in [-0.4, -0.2) is 18.0 Å². The molecule has 0 aromatic heterocycles. The summed E-state index contributed by atoms with van der Waals surface area (Å²) in [4.78, 5) is 24.4. The van der Waals surface area contributed by atoms with Crippen LogP contribution in [0.2, 0.25) is 0 Å². The van der Waals surface area contributed by atoms with Gasteiger partial charge in [0.05, 0.1) is 5.69 Å². The number of benzene rings is 2. The highest BCUT2D eigenvalue weighted by Gasteiger charge is 2.21. The largest absolute Gasteiger partial charge is 0.334 e. The summed E-state index contributed by atoms with van der Waals surface area (Å²) in [6.07, 6.45) is 0.931. The van der Waals surface area contributed by atoms with Crippen LogP contribution in [0.5, 0.6) is 0 Å². The van der Waals surface area contributed by atoms with Crippen LogP contribution >= 0.6 is 0 Å². The van der Waals surface area contributed by atoms with E-state index in [1.165, 1.54) is 24.3 Å². The predicted molar refractivity (Wildman–Crippen MR) is 95.5 cm³/mol. The molecule has 2 aromatic rings. The number of carbonyl (C=O) groups excluding carboxylic acids is 2. The van der Waals surface area contributed by atoms with Gasteiger partial charge in [0.1, 0.15) is 23.5 Å². The van der Waals surface area contributed by atoms with Crippen molar-refractivity contribution >= 4 is 17.6 Å². The van der Waals surface area contributed by atoms with Crippen LogP contribution in [0, 0.1) is 17.5 Å². The maximum atomic E-state index is 13.7. The van der Waals surface area contributed by atoms with Crippen molar-refractivity contribution in [3.05, 3.63) is 65.5 Å². The Labute approximate surface area is 155 Å². The molecule has 144 valence electrons. The minimum Gasteiger partial charge on any atom is -0.334 e. The zero-order valence-corrected chi connectivity index (χ0v) is 14.7. The summed E-state index contributed by atoms with van der Waals surface area (Å²) in [5.41, 5.74) is 0.521. The average Bonchev–Trinajstić information content (AvgIpc) is 2.63. The van der Waals surface area contributed by atoms with Crippen molar-refractivity contribution in [2.24, 2.45) is 0 Å². The quantitative estimate of drug-likeness (QED) is 0.686. The number of rotatable bonds is 7. The van der Waals surface area contributed by atoms with Gasteiger partial charge in [0.15, 0.2) is 0 Å². The van der Waals surface area contributed by atoms with Crippen LogP contribution < -0.4 is 16.0 Å². The van der Waals surface area contributed by atoms with Gasteiger partial charge in [0.25, 0.3) is 0 Å². The second-order valence-electron chi connectivity index (χ2n) is 5.91. The van der Waals surface area contributed by atoms with Gasteiger partial charge in [-0.3, -0.25) is 4.79 Å². The second-order valence-corrected chi connectivity index (χ2v) is 5.91. The Kier molecular flexibility index (Phi) is 7.22. The van der Waals surface area contributed by atoms with E-state index in [0.717, 1.165) is 12.1 Å². The molecule has 3 N–H and O–H groups in total. The SMILES string of the molecule is CCCC(NC(=O)NCc1ccc(F)cc1)C(=O)Nc1ccc(F)cc1F. The van der Waals surface area contributed by atoms with E-state index in [-0.39, 0.29) is 18.0 Å². The highest BCUT2D eigenvalue weighted by molar-refractivity contribution is 5.97. The molecule has 8 heteroatoms. The molecule has 0 saturated carbocycles. The Hall–Kier alpha value is -3.03. The monoisotopic (exact) mass is 379 g/mol. The number of hydrogen-bond donors (Lipinski definition) is 3. The van der Waals surface area contributed by atoms with E-state index in [0.29, 0.717) is 24.5 Å². The van der Waals surface area contributed by atoms with Gasteiger partial charge in [-0.25, -0.2) is 18.0 Å². The number of amides is 3. The molecule has 3 amide bonds. The smallest absolute Gasteiger partial charge is 0.315 e. The summed E-state index contributed by atoms with van der Waals surface area (Å²) in [5.74, 6) is -2.65. The Morgan fingerprint density at radius 2 is 1.67 bits per heavy atom. The zero-order chi connectivity index (χ0) is 19.8. The molecule has 0 saturated heterocycles. The van der Waals surface area contributed by atoms with Crippen molar-refractivity contribution in [3.8, 4) is 0 Å². The van der Waals surface area contributed by atoms with Gasteiger partial charge in [-0.05, 0) is 36.2 Å². The van der Waals surface area contributed by atoms with Gasteiger partial charge in [-0.1, -0.05) is 25.5 Å². The maximum absolute atomic E-state index is 13.7. The molecule has 27 heavy (non-hydrogen) atoms. The van der Waals surface area contributed by atoms with Gasteiger partial charge < -0.3 is 16.0 Å². The molecule has 0 aliphatic carbocycles. The Bertz CT molecular complexity index is 797. The lowest BCUT2D eigenvalue weighted by Gasteiger charge is -2.18. The molecule has 0 heterocycles. The molecule has 2 rings (SSSR count). The van der Waals surface area contributed by atoms with Crippen molar-refractivity contribution in [1.82, 2.24) is 10.6 Å². The zero-order valence-electron chi connectivity index (χ0n) is 14.7. The Morgan fingerprint density at radius 1 is 1.00 bits per heavy atom. The molecule has 2 aromatic carbocycles. The first-order valence-electron chi connectivity index (χ1n) is 8.43. The number of halogens is 3. The summed E-state index contributed by atoms with van der Waals surface area (Å²) in [6, 6.07) is 6.93. The number of urea groups is 1. The van der Waals surface area contributed by atoms with Gasteiger partial charge in [0, 0.05) is 12.6 Å². The number of anilines is 1. The summed E-state index contributed by atoms with van der Waals surface area (Å²) < 4.78 is 39.5. The van der Waals surface area contributed by atoms with Crippen molar-refractivity contribution in [2.45, 2.75) is 32.4 Å². The highest BCUT2D eigenvalue weighted by atomic mass is 19.1. The van der Waals surface area contributed by atoms with E-state index in [4.69, 9.17) is 0 Å². The van der Waals surface area contributed by atoms with Crippen molar-refractivity contribution in [2.75, 3.05) is 5.32 Å². The highest BCUT2D eigenvalue weighted by Crippen LogP contribution is 2.15. The van der Waals surface area contributed by atoms with Gasteiger partial charge in [-0.2, -0.15) is 0 Å². The fourth-order valence-corrected chi connectivity index (χ4v) is 2.36. The topological polar surface area (TPSA) is 70.2 Å². The summed E-state index contributed by atoms with van der Waals surface area (Å²) in [6.45, 7) is 1.98. The van der Waals surface area contributed by atoms with Gasteiger partial charge >= 0.3 is 6.03 Å². The Morgan fingerprint density at radius 3 is 2.30 bits per heavy atom. The molecule has 0 bridgehead atoms. The van der Waals surface area contributed by atoms with Crippen LogP contribution in [0.1, 0.15) is 25.3 Å². The normalized spacial score (nSPS) is 11.6. The number of nitrogens with one attached hydrogen (secondary N) is 3. The molecular formula is C19H20F3N3O2. The van der Waals surface area contributed by atoms with Crippen molar-refractivity contribution in [3.63, 3.8) is 0 Å². The fraction of sp³-hybridized carbons (Fsp3) is 0.263. The van der Waals surface area contributed by atoms with Crippen molar-refractivity contribution in [1.29, 1.82) is 0 Å². The van der Waals surface area contributed by atoms with E-state index >= 15 is 0 Å². The first kappa shape index (κ1) is 20.3. The molecule has 0 aliphatic rings. The first-order chi connectivity index (χ1) is 12.9. The standard InChI is InChI=1S/C19H20F3N3O2/c1-2-3-17(18(26)24-16-9-8-14(21)10-15(16)22)25-19(27)23-11-12-4-6-13(20)7-5-12/h4-10,17H,2-3,11H2,1H3,(H,24,26)(H2,23,25,27). The van der Waals surface area contributed by atoms with Crippen LogP contribution in [0.25, 0.3) is 0 Å². The number of hydrogen-bond acceptors (Lipinski definition) is 2. The molecule has 0 fully saturated rings. The molecule has 0 spiro atoms. The third-order valence-electron chi connectivity index (χ3n) is 3.75. The lowest BCUT2D eigenvalue weighted by molar-refractivity contribution is -0.118. The minimum atomic E-state index is -0.903. The molecular weight excluding hydrogens is 359 g/mol.